The fourth-order valence-corrected chi connectivity index (χ4v) is 5.33. The Kier molecular flexibility index (Phi) is 8.71. The van der Waals surface area contributed by atoms with E-state index in [1.54, 1.807) is 23.1 Å². The number of nitrogens with zero attached hydrogens (tertiary/aromatic N) is 3. The van der Waals surface area contributed by atoms with Crippen molar-refractivity contribution in [1.29, 1.82) is 0 Å². The maximum atomic E-state index is 13.3. The molecule has 1 atom stereocenters. The van der Waals surface area contributed by atoms with Crippen molar-refractivity contribution in [2.24, 2.45) is 4.99 Å². The molecule has 0 radical (unpaired) electrons. The molecule has 2 saturated heterocycles. The highest BCUT2D eigenvalue weighted by molar-refractivity contribution is 9.10. The Bertz CT molecular complexity index is 1050. The number of aliphatic imine (C=N–C) groups is 1. The zero-order valence-electron chi connectivity index (χ0n) is 18.6. The lowest BCUT2D eigenvalue weighted by Crippen LogP contribution is -2.39. The quantitative estimate of drug-likeness (QED) is 0.533. The molecule has 2 amide bonds. The summed E-state index contributed by atoms with van der Waals surface area (Å²) in [6.45, 7) is 4.59. The van der Waals surface area contributed by atoms with E-state index in [0.717, 1.165) is 43.7 Å². The van der Waals surface area contributed by atoms with Crippen molar-refractivity contribution in [3.05, 3.63) is 58.8 Å². The molecular weight excluding hydrogens is 523 g/mol. The molecule has 0 aromatic heterocycles. The first-order chi connectivity index (χ1) is 16.5. The van der Waals surface area contributed by atoms with Crippen LogP contribution >= 0.6 is 27.7 Å². The number of benzene rings is 2. The molecular formula is C24H26BrFN4O3S. The van der Waals surface area contributed by atoms with Crippen LogP contribution in [0.5, 0.6) is 0 Å². The van der Waals surface area contributed by atoms with Crippen LogP contribution in [0.3, 0.4) is 0 Å². The van der Waals surface area contributed by atoms with Gasteiger partial charge in [-0.1, -0.05) is 23.9 Å². The first kappa shape index (κ1) is 24.8. The van der Waals surface area contributed by atoms with Gasteiger partial charge in [0.25, 0.3) is 0 Å². The number of amides is 2. The summed E-state index contributed by atoms with van der Waals surface area (Å²) in [7, 11) is 0. The average Bonchev–Trinajstić information content (AvgIpc) is 3.11. The van der Waals surface area contributed by atoms with Crippen molar-refractivity contribution in [1.82, 2.24) is 9.80 Å². The molecule has 0 bridgehead atoms. The van der Waals surface area contributed by atoms with Gasteiger partial charge in [0.05, 0.1) is 24.6 Å². The predicted octanol–water partition coefficient (Wildman–Crippen LogP) is 4.27. The molecule has 2 aliphatic rings. The van der Waals surface area contributed by atoms with Gasteiger partial charge in [-0.2, -0.15) is 0 Å². The minimum Gasteiger partial charge on any atom is -0.379 e. The average molecular weight is 549 g/mol. The van der Waals surface area contributed by atoms with Crippen LogP contribution in [0.4, 0.5) is 15.8 Å². The second-order valence-corrected chi connectivity index (χ2v) is 10.0. The molecule has 10 heteroatoms. The number of para-hydroxylation sites is 1. The van der Waals surface area contributed by atoms with Gasteiger partial charge in [-0.25, -0.2) is 9.38 Å². The summed E-state index contributed by atoms with van der Waals surface area (Å²) in [6, 6.07) is 13.2. The van der Waals surface area contributed by atoms with E-state index < -0.39 is 5.25 Å². The smallest absolute Gasteiger partial charge is 0.242 e. The van der Waals surface area contributed by atoms with Crippen molar-refractivity contribution in [3.8, 4) is 0 Å². The van der Waals surface area contributed by atoms with Crippen molar-refractivity contribution in [2.45, 2.75) is 18.1 Å². The van der Waals surface area contributed by atoms with Crippen molar-refractivity contribution in [3.63, 3.8) is 0 Å². The predicted molar refractivity (Wildman–Crippen MR) is 136 cm³/mol. The van der Waals surface area contributed by atoms with E-state index >= 15 is 0 Å². The zero-order chi connectivity index (χ0) is 23.9. The molecule has 4 rings (SSSR count). The number of rotatable bonds is 8. The minimum atomic E-state index is -0.565. The number of nitrogens with one attached hydrogen (secondary N) is 1. The van der Waals surface area contributed by atoms with E-state index in [9.17, 15) is 14.0 Å². The number of thioether (sulfide) groups is 1. The van der Waals surface area contributed by atoms with Gasteiger partial charge >= 0.3 is 0 Å². The molecule has 2 heterocycles. The number of carbonyl (C=O) groups excluding carboxylic acids is 2. The van der Waals surface area contributed by atoms with E-state index in [1.807, 2.05) is 18.2 Å². The van der Waals surface area contributed by atoms with Crippen molar-refractivity contribution >= 4 is 56.0 Å². The molecule has 180 valence electrons. The number of anilines is 1. The van der Waals surface area contributed by atoms with E-state index in [1.165, 1.54) is 23.9 Å². The van der Waals surface area contributed by atoms with Crippen molar-refractivity contribution < 1.29 is 18.7 Å². The zero-order valence-corrected chi connectivity index (χ0v) is 21.0. The third kappa shape index (κ3) is 6.65. The first-order valence-electron chi connectivity index (χ1n) is 11.2. The molecule has 2 fully saturated rings. The molecule has 0 spiro atoms. The molecule has 34 heavy (non-hydrogen) atoms. The van der Waals surface area contributed by atoms with Crippen LogP contribution in [0.2, 0.25) is 0 Å². The van der Waals surface area contributed by atoms with E-state index in [0.29, 0.717) is 23.1 Å². The van der Waals surface area contributed by atoms with E-state index in [2.05, 4.69) is 31.1 Å². The number of ether oxygens (including phenoxy) is 1. The molecule has 0 saturated carbocycles. The Hall–Kier alpha value is -2.27. The highest BCUT2D eigenvalue weighted by atomic mass is 79.9. The molecule has 2 aromatic rings. The highest BCUT2D eigenvalue weighted by Gasteiger charge is 2.39. The van der Waals surface area contributed by atoms with Gasteiger partial charge in [0.2, 0.25) is 11.8 Å². The number of amidine groups is 1. The Morgan fingerprint density at radius 1 is 1.15 bits per heavy atom. The topological polar surface area (TPSA) is 74.2 Å². The van der Waals surface area contributed by atoms with Crippen LogP contribution in [0.15, 0.2) is 58.0 Å². The summed E-state index contributed by atoms with van der Waals surface area (Å²) < 4.78 is 19.5. The maximum Gasteiger partial charge on any atom is 0.242 e. The van der Waals surface area contributed by atoms with E-state index in [4.69, 9.17) is 4.74 Å². The van der Waals surface area contributed by atoms with Crippen LogP contribution < -0.4 is 5.32 Å². The summed E-state index contributed by atoms with van der Waals surface area (Å²) in [5, 5.41) is 2.83. The number of hydrogen-bond acceptors (Lipinski definition) is 6. The molecule has 7 nitrogen and oxygen atoms in total. The SMILES string of the molecule is O=C(C[C@H]1SC(=Nc2ccc(F)cc2)N(CCCN2CCOCC2)C1=O)Nc1ccccc1Br. The van der Waals surface area contributed by atoms with Gasteiger partial charge in [0, 0.05) is 37.1 Å². The molecule has 2 aliphatic heterocycles. The Morgan fingerprint density at radius 3 is 2.62 bits per heavy atom. The van der Waals surface area contributed by atoms with Gasteiger partial charge in [-0.3, -0.25) is 19.4 Å². The normalized spacial score (nSPS) is 20.2. The summed E-state index contributed by atoms with van der Waals surface area (Å²) in [5.74, 6) is -0.716. The summed E-state index contributed by atoms with van der Waals surface area (Å²) in [4.78, 5) is 34.5. The fourth-order valence-electron chi connectivity index (χ4n) is 3.77. The summed E-state index contributed by atoms with van der Waals surface area (Å²) in [6.07, 6.45) is 0.817. The van der Waals surface area contributed by atoms with Gasteiger partial charge < -0.3 is 10.1 Å². The summed E-state index contributed by atoms with van der Waals surface area (Å²) >= 11 is 4.70. The first-order valence-corrected chi connectivity index (χ1v) is 12.8. The Labute approximate surface area is 210 Å². The number of halogens is 2. The number of morpholine rings is 1. The van der Waals surface area contributed by atoms with E-state index in [-0.39, 0.29) is 24.1 Å². The lowest BCUT2D eigenvalue weighted by molar-refractivity contribution is -0.128. The monoisotopic (exact) mass is 548 g/mol. The number of hydrogen-bond donors (Lipinski definition) is 1. The maximum absolute atomic E-state index is 13.3. The summed E-state index contributed by atoms with van der Waals surface area (Å²) in [5.41, 5.74) is 1.22. The minimum absolute atomic E-state index is 0.0350. The third-order valence-electron chi connectivity index (χ3n) is 5.55. The van der Waals surface area contributed by atoms with Gasteiger partial charge in [0.1, 0.15) is 11.1 Å². The molecule has 2 aromatic carbocycles. The van der Waals surface area contributed by atoms with Crippen LogP contribution in [0.25, 0.3) is 0 Å². The van der Waals surface area contributed by atoms with Crippen LogP contribution in [-0.4, -0.2) is 71.4 Å². The second-order valence-electron chi connectivity index (χ2n) is 8.01. The highest BCUT2D eigenvalue weighted by Crippen LogP contribution is 2.32. The molecule has 0 unspecified atom stereocenters. The van der Waals surface area contributed by atoms with Gasteiger partial charge in [0.15, 0.2) is 5.17 Å². The largest absolute Gasteiger partial charge is 0.379 e. The van der Waals surface area contributed by atoms with Crippen LogP contribution in [-0.2, 0) is 14.3 Å². The van der Waals surface area contributed by atoms with Gasteiger partial charge in [-0.05, 0) is 58.7 Å². The lowest BCUT2D eigenvalue weighted by Gasteiger charge is -2.27. The van der Waals surface area contributed by atoms with Crippen molar-refractivity contribution in [2.75, 3.05) is 44.7 Å². The van der Waals surface area contributed by atoms with Crippen LogP contribution in [0.1, 0.15) is 12.8 Å². The van der Waals surface area contributed by atoms with Gasteiger partial charge in [-0.15, -0.1) is 0 Å². The Balaban J connectivity index is 1.44. The van der Waals surface area contributed by atoms with Crippen LogP contribution in [0, 0.1) is 5.82 Å². The second kappa shape index (κ2) is 11.9. The Morgan fingerprint density at radius 2 is 1.88 bits per heavy atom. The number of carbonyl (C=O) groups is 2. The fraction of sp³-hybridized carbons (Fsp3) is 0.375. The lowest BCUT2D eigenvalue weighted by atomic mass is 10.2. The molecule has 1 N–H and O–H groups in total. The molecule has 0 aliphatic carbocycles. The standard InChI is InChI=1S/C24H26BrFN4O3S/c25-19-4-1-2-5-20(19)28-22(31)16-21-23(32)30(11-3-10-29-12-14-33-15-13-29)24(34-21)27-18-8-6-17(26)7-9-18/h1-2,4-9,21H,3,10-16H2,(H,28,31)/t21-/m1/s1. The third-order valence-corrected chi connectivity index (χ3v) is 7.42.